The van der Waals surface area contributed by atoms with Crippen molar-refractivity contribution in [3.63, 3.8) is 0 Å². The third-order valence-corrected chi connectivity index (χ3v) is 2.74. The highest BCUT2D eigenvalue weighted by molar-refractivity contribution is 5.57. The van der Waals surface area contributed by atoms with Crippen LogP contribution in [0.2, 0.25) is 0 Å². The lowest BCUT2D eigenvalue weighted by atomic mass is 10.2. The number of hydrogen-bond acceptors (Lipinski definition) is 4. The third kappa shape index (κ3) is 3.63. The van der Waals surface area contributed by atoms with Crippen LogP contribution in [0.25, 0.3) is 0 Å². The largest absolute Gasteiger partial charge is 0.490 e. The molecule has 0 radical (unpaired) electrons. The van der Waals surface area contributed by atoms with Crippen molar-refractivity contribution in [1.29, 1.82) is 5.26 Å². The first-order valence-corrected chi connectivity index (χ1v) is 6.54. The molecule has 0 aliphatic carbocycles. The molecular formula is C16H15FN2O2. The Morgan fingerprint density at radius 1 is 1.19 bits per heavy atom. The first kappa shape index (κ1) is 14.7. The van der Waals surface area contributed by atoms with E-state index in [4.69, 9.17) is 20.5 Å². The molecule has 0 amide bonds. The predicted octanol–water partition coefficient (Wildman–Crippen LogP) is 3.86. The van der Waals surface area contributed by atoms with Crippen LogP contribution >= 0.6 is 0 Å². The standard InChI is InChI=1S/C16H15FN2O2/c1-2-7-20-15-9-16(14(19)8-13(15)17)21-12-5-3-11(10-18)4-6-12/h3-6,8-9H,2,7,19H2,1H3. The maximum absolute atomic E-state index is 13.7. The Labute approximate surface area is 122 Å². The molecule has 0 fully saturated rings. The minimum atomic E-state index is -0.520. The van der Waals surface area contributed by atoms with Gasteiger partial charge in [-0.2, -0.15) is 5.26 Å². The summed E-state index contributed by atoms with van der Waals surface area (Å²) in [5.41, 5.74) is 6.46. The Balaban J connectivity index is 2.23. The van der Waals surface area contributed by atoms with Gasteiger partial charge in [0.05, 0.1) is 23.9 Å². The van der Waals surface area contributed by atoms with Crippen molar-refractivity contribution in [1.82, 2.24) is 0 Å². The van der Waals surface area contributed by atoms with Gasteiger partial charge in [0.2, 0.25) is 0 Å². The van der Waals surface area contributed by atoms with E-state index in [1.807, 2.05) is 13.0 Å². The molecule has 2 rings (SSSR count). The maximum atomic E-state index is 13.7. The van der Waals surface area contributed by atoms with Crippen LogP contribution in [-0.2, 0) is 0 Å². The summed E-state index contributed by atoms with van der Waals surface area (Å²) in [5.74, 6) is 0.406. The normalized spacial score (nSPS) is 9.95. The van der Waals surface area contributed by atoms with Gasteiger partial charge in [-0.05, 0) is 30.7 Å². The van der Waals surface area contributed by atoms with E-state index in [9.17, 15) is 4.39 Å². The summed E-state index contributed by atoms with van der Waals surface area (Å²) in [7, 11) is 0. The molecule has 2 N–H and O–H groups in total. The first-order valence-electron chi connectivity index (χ1n) is 6.54. The SMILES string of the molecule is CCCOc1cc(Oc2ccc(C#N)cc2)c(N)cc1F. The van der Waals surface area contributed by atoms with Gasteiger partial charge in [-0.3, -0.25) is 0 Å². The fourth-order valence-corrected chi connectivity index (χ4v) is 1.69. The van der Waals surface area contributed by atoms with E-state index in [1.54, 1.807) is 24.3 Å². The molecule has 2 aromatic rings. The first-order chi connectivity index (χ1) is 10.1. The Morgan fingerprint density at radius 2 is 1.90 bits per heavy atom. The maximum Gasteiger partial charge on any atom is 0.167 e. The lowest BCUT2D eigenvalue weighted by molar-refractivity contribution is 0.300. The van der Waals surface area contributed by atoms with Gasteiger partial charge in [-0.1, -0.05) is 6.92 Å². The number of nitrogen functional groups attached to an aromatic ring is 1. The molecule has 0 bridgehead atoms. The predicted molar refractivity (Wildman–Crippen MR) is 77.8 cm³/mol. The number of halogens is 1. The zero-order valence-corrected chi connectivity index (χ0v) is 11.6. The van der Waals surface area contributed by atoms with Gasteiger partial charge in [-0.25, -0.2) is 4.39 Å². The van der Waals surface area contributed by atoms with Crippen molar-refractivity contribution in [2.45, 2.75) is 13.3 Å². The highest BCUT2D eigenvalue weighted by atomic mass is 19.1. The van der Waals surface area contributed by atoms with Crippen LogP contribution in [0.1, 0.15) is 18.9 Å². The summed E-state index contributed by atoms with van der Waals surface area (Å²) in [5, 5.41) is 8.74. The van der Waals surface area contributed by atoms with Crippen molar-refractivity contribution in [2.75, 3.05) is 12.3 Å². The van der Waals surface area contributed by atoms with E-state index in [-0.39, 0.29) is 11.4 Å². The van der Waals surface area contributed by atoms with Crippen molar-refractivity contribution in [3.05, 3.63) is 47.8 Å². The Kier molecular flexibility index (Phi) is 4.62. The number of rotatable bonds is 5. The summed E-state index contributed by atoms with van der Waals surface area (Å²) in [6.07, 6.45) is 0.773. The summed E-state index contributed by atoms with van der Waals surface area (Å²) in [6.45, 7) is 2.35. The average Bonchev–Trinajstić information content (AvgIpc) is 2.49. The molecule has 0 aliphatic rings. The highest BCUT2D eigenvalue weighted by Crippen LogP contribution is 2.33. The number of hydrogen-bond donors (Lipinski definition) is 1. The van der Waals surface area contributed by atoms with E-state index in [2.05, 4.69) is 0 Å². The number of ether oxygens (including phenoxy) is 2. The summed E-state index contributed by atoms with van der Waals surface area (Å²) in [4.78, 5) is 0. The van der Waals surface area contributed by atoms with Crippen LogP contribution in [-0.4, -0.2) is 6.61 Å². The van der Waals surface area contributed by atoms with E-state index in [0.717, 1.165) is 6.42 Å². The van der Waals surface area contributed by atoms with Crippen LogP contribution in [0, 0.1) is 17.1 Å². The van der Waals surface area contributed by atoms with Crippen molar-refractivity contribution in [3.8, 4) is 23.3 Å². The molecule has 0 aromatic heterocycles. The second-order valence-electron chi connectivity index (χ2n) is 4.41. The molecule has 0 atom stereocenters. The fraction of sp³-hybridized carbons (Fsp3) is 0.188. The van der Waals surface area contributed by atoms with Gasteiger partial charge in [0.1, 0.15) is 5.75 Å². The van der Waals surface area contributed by atoms with Gasteiger partial charge in [0.15, 0.2) is 17.3 Å². The number of nitriles is 1. The smallest absolute Gasteiger partial charge is 0.167 e. The van der Waals surface area contributed by atoms with Gasteiger partial charge in [-0.15, -0.1) is 0 Å². The molecule has 5 heteroatoms. The number of anilines is 1. The molecule has 0 spiro atoms. The topological polar surface area (TPSA) is 68.3 Å². The lowest BCUT2D eigenvalue weighted by Crippen LogP contribution is -2.00. The third-order valence-electron chi connectivity index (χ3n) is 2.74. The lowest BCUT2D eigenvalue weighted by Gasteiger charge is -2.12. The summed E-state index contributed by atoms with van der Waals surface area (Å²) >= 11 is 0. The molecule has 0 saturated heterocycles. The van der Waals surface area contributed by atoms with Gasteiger partial charge < -0.3 is 15.2 Å². The highest BCUT2D eigenvalue weighted by Gasteiger charge is 2.11. The fourth-order valence-electron chi connectivity index (χ4n) is 1.69. The van der Waals surface area contributed by atoms with E-state index >= 15 is 0 Å². The van der Waals surface area contributed by atoms with Crippen molar-refractivity contribution >= 4 is 5.69 Å². The van der Waals surface area contributed by atoms with E-state index < -0.39 is 5.82 Å². The minimum Gasteiger partial charge on any atom is -0.490 e. The van der Waals surface area contributed by atoms with Crippen LogP contribution in [0.4, 0.5) is 10.1 Å². The van der Waals surface area contributed by atoms with Crippen LogP contribution in [0.15, 0.2) is 36.4 Å². The molecule has 21 heavy (non-hydrogen) atoms. The minimum absolute atomic E-state index is 0.106. The van der Waals surface area contributed by atoms with E-state index in [0.29, 0.717) is 23.7 Å². The van der Waals surface area contributed by atoms with Crippen LogP contribution in [0.3, 0.4) is 0 Å². The number of nitrogens with two attached hydrogens (primary N) is 1. The monoisotopic (exact) mass is 286 g/mol. The molecule has 2 aromatic carbocycles. The molecule has 4 nitrogen and oxygen atoms in total. The Bertz CT molecular complexity index is 663. The Hall–Kier alpha value is -2.74. The molecular weight excluding hydrogens is 271 g/mol. The van der Waals surface area contributed by atoms with Gasteiger partial charge >= 0.3 is 0 Å². The van der Waals surface area contributed by atoms with Crippen molar-refractivity contribution in [2.24, 2.45) is 0 Å². The van der Waals surface area contributed by atoms with Gasteiger partial charge in [0, 0.05) is 12.1 Å². The zero-order valence-electron chi connectivity index (χ0n) is 11.6. The number of benzene rings is 2. The molecule has 0 unspecified atom stereocenters. The van der Waals surface area contributed by atoms with Crippen molar-refractivity contribution < 1.29 is 13.9 Å². The molecule has 0 aliphatic heterocycles. The molecule has 0 saturated carbocycles. The van der Waals surface area contributed by atoms with E-state index in [1.165, 1.54) is 12.1 Å². The molecule has 108 valence electrons. The summed E-state index contributed by atoms with van der Waals surface area (Å²) < 4.78 is 24.6. The molecule has 0 heterocycles. The quantitative estimate of drug-likeness (QED) is 0.847. The second kappa shape index (κ2) is 6.62. The van der Waals surface area contributed by atoms with Crippen LogP contribution < -0.4 is 15.2 Å². The Morgan fingerprint density at radius 3 is 2.52 bits per heavy atom. The van der Waals surface area contributed by atoms with Gasteiger partial charge in [0.25, 0.3) is 0 Å². The average molecular weight is 286 g/mol. The zero-order chi connectivity index (χ0) is 15.2. The number of nitrogens with zero attached hydrogens (tertiary/aromatic N) is 1. The second-order valence-corrected chi connectivity index (χ2v) is 4.41. The summed E-state index contributed by atoms with van der Waals surface area (Å²) in [6, 6.07) is 11.2. The van der Waals surface area contributed by atoms with Crippen LogP contribution in [0.5, 0.6) is 17.2 Å².